The topological polar surface area (TPSA) is 64.9 Å². The van der Waals surface area contributed by atoms with E-state index in [1.807, 2.05) is 34.6 Å². The summed E-state index contributed by atoms with van der Waals surface area (Å²) in [7, 11) is 1.50. The minimum absolute atomic E-state index is 0.144. The van der Waals surface area contributed by atoms with Gasteiger partial charge in [0, 0.05) is 18.0 Å². The zero-order valence-electron chi connectivity index (χ0n) is 25.2. The minimum Gasteiger partial charge on any atom is -0.333 e. The maximum absolute atomic E-state index is 14.1. The normalized spacial score (nSPS) is 11.1. The van der Waals surface area contributed by atoms with Crippen molar-refractivity contribution in [3.8, 4) is 24.1 Å². The molecule has 4 N–H and O–H groups in total. The molecule has 216 valence electrons. The fourth-order valence-electron chi connectivity index (χ4n) is 4.10. The predicted molar refractivity (Wildman–Crippen MR) is 167 cm³/mol. The molecule has 0 aliphatic rings. The van der Waals surface area contributed by atoms with E-state index >= 15 is 0 Å². The van der Waals surface area contributed by atoms with Gasteiger partial charge in [0.2, 0.25) is 0 Å². The number of nitrogens with zero attached hydrogens (tertiary/aromatic N) is 1. The maximum Gasteiger partial charge on any atom is 0.142 e. The van der Waals surface area contributed by atoms with Crippen LogP contribution in [-0.4, -0.2) is 18.6 Å². The van der Waals surface area contributed by atoms with Crippen molar-refractivity contribution in [1.29, 1.82) is 0 Å². The number of halogens is 3. The average molecular weight is 560 g/mol. The molecule has 0 aliphatic carbocycles. The highest BCUT2D eigenvalue weighted by Gasteiger charge is 2.22. The molecule has 0 saturated carbocycles. The van der Waals surface area contributed by atoms with E-state index in [2.05, 4.69) is 45.4 Å². The molecule has 3 aromatic rings. The zero-order valence-corrected chi connectivity index (χ0v) is 26.0. The van der Waals surface area contributed by atoms with Gasteiger partial charge in [-0.1, -0.05) is 72.2 Å². The highest BCUT2D eigenvalue weighted by molar-refractivity contribution is 6.32. The zero-order chi connectivity index (χ0) is 30.7. The fraction of sp³-hybridized carbons (Fsp3) is 0.424. The number of terminal acetylenes is 1. The highest BCUT2D eigenvalue weighted by atomic mass is 35.5. The average Bonchev–Trinajstić information content (AvgIpc) is 3.00. The summed E-state index contributed by atoms with van der Waals surface area (Å²) in [6.07, 6.45) is 9.56. The van der Waals surface area contributed by atoms with E-state index in [1.54, 1.807) is 18.2 Å². The van der Waals surface area contributed by atoms with Gasteiger partial charge < -0.3 is 11.5 Å². The Labute approximate surface area is 241 Å². The lowest BCUT2D eigenvalue weighted by Gasteiger charge is -2.23. The minimum atomic E-state index is -0.427. The number of hydrogen-bond acceptors (Lipinski definition) is 3. The first-order valence-electron chi connectivity index (χ1n) is 13.7. The Morgan fingerprint density at radius 1 is 0.949 bits per heavy atom. The van der Waals surface area contributed by atoms with Crippen molar-refractivity contribution in [1.82, 2.24) is 4.98 Å². The van der Waals surface area contributed by atoms with Gasteiger partial charge in [-0.25, -0.2) is 8.78 Å². The summed E-state index contributed by atoms with van der Waals surface area (Å²) >= 11 is 6.31. The standard InChI is InChI=1S/C26H29ClF2N2.2C2H6.C2H2.CH5N/c1-5-15(3)21-13-24(22(14-30)17-7-9-18(28)10-8-17)31-26(16(21)4)20-11-12-23(29)25(27)19(20)6-2;4*1-2/h7-13,15,22H,5-6,14,30H2,1-4H3;2*1-2H3;1-2H;2H2,1H3. The van der Waals surface area contributed by atoms with E-state index in [-0.39, 0.29) is 16.8 Å². The van der Waals surface area contributed by atoms with Gasteiger partial charge in [-0.2, -0.15) is 0 Å². The summed E-state index contributed by atoms with van der Waals surface area (Å²) in [6.45, 7) is 16.7. The van der Waals surface area contributed by atoms with E-state index in [9.17, 15) is 8.78 Å². The quantitative estimate of drug-likeness (QED) is 0.284. The molecule has 39 heavy (non-hydrogen) atoms. The number of rotatable bonds is 7. The van der Waals surface area contributed by atoms with Gasteiger partial charge in [-0.3, -0.25) is 4.98 Å². The van der Waals surface area contributed by atoms with Gasteiger partial charge in [0.1, 0.15) is 11.6 Å². The van der Waals surface area contributed by atoms with E-state index in [0.29, 0.717) is 18.9 Å². The Morgan fingerprint density at radius 2 is 1.49 bits per heavy atom. The molecule has 0 spiro atoms. The number of nitrogens with two attached hydrogens (primary N) is 2. The Morgan fingerprint density at radius 3 is 1.95 bits per heavy atom. The molecule has 0 fully saturated rings. The molecule has 2 atom stereocenters. The lowest BCUT2D eigenvalue weighted by atomic mass is 9.86. The summed E-state index contributed by atoms with van der Waals surface area (Å²) in [4.78, 5) is 5.01. The summed E-state index contributed by atoms with van der Waals surface area (Å²) in [6, 6.07) is 11.7. The van der Waals surface area contributed by atoms with E-state index in [4.69, 9.17) is 22.3 Å². The number of pyridine rings is 1. The molecule has 3 nitrogen and oxygen atoms in total. The van der Waals surface area contributed by atoms with Crippen LogP contribution in [0.4, 0.5) is 8.78 Å². The monoisotopic (exact) mass is 559 g/mol. The van der Waals surface area contributed by atoms with Gasteiger partial charge in [-0.05, 0) is 85.3 Å². The molecular formula is C33H48ClF2N3. The Hall–Kier alpha value is -2.78. The molecule has 1 aromatic heterocycles. The van der Waals surface area contributed by atoms with Crippen molar-refractivity contribution in [2.45, 2.75) is 80.1 Å². The Bertz CT molecular complexity index is 1110. The smallest absolute Gasteiger partial charge is 0.142 e. The largest absolute Gasteiger partial charge is 0.333 e. The van der Waals surface area contributed by atoms with Gasteiger partial charge in [0.25, 0.3) is 0 Å². The SMILES string of the molecule is C#C.CC.CC.CCc1c(-c2nc(C(CN)c3ccc(F)cc3)cc(C(C)CC)c2C)ccc(F)c1Cl.CN. The van der Waals surface area contributed by atoms with Crippen LogP contribution < -0.4 is 11.5 Å². The third kappa shape index (κ3) is 10.0. The van der Waals surface area contributed by atoms with Crippen molar-refractivity contribution < 1.29 is 8.78 Å². The second kappa shape index (κ2) is 21.1. The molecule has 0 amide bonds. The van der Waals surface area contributed by atoms with Gasteiger partial charge >= 0.3 is 0 Å². The van der Waals surface area contributed by atoms with Crippen LogP contribution in [0.15, 0.2) is 42.5 Å². The van der Waals surface area contributed by atoms with Crippen LogP contribution in [0.1, 0.15) is 94.7 Å². The van der Waals surface area contributed by atoms with Crippen molar-refractivity contribution in [3.05, 3.63) is 87.1 Å². The van der Waals surface area contributed by atoms with Crippen LogP contribution in [0, 0.1) is 31.4 Å². The van der Waals surface area contributed by atoms with Crippen LogP contribution >= 0.6 is 11.6 Å². The molecule has 6 heteroatoms. The predicted octanol–water partition coefficient (Wildman–Crippen LogP) is 9.03. The van der Waals surface area contributed by atoms with Gasteiger partial charge in [0.15, 0.2) is 0 Å². The molecule has 0 aliphatic heterocycles. The van der Waals surface area contributed by atoms with Crippen LogP contribution in [0.2, 0.25) is 5.02 Å². The molecular weight excluding hydrogens is 512 g/mol. The molecule has 3 rings (SSSR count). The van der Waals surface area contributed by atoms with Gasteiger partial charge in [0.05, 0.1) is 16.4 Å². The molecule has 0 saturated heterocycles. The summed E-state index contributed by atoms with van der Waals surface area (Å²) in [5, 5.41) is 0.144. The number of aromatic nitrogens is 1. The summed E-state index contributed by atoms with van der Waals surface area (Å²) in [5.74, 6) is -0.577. The van der Waals surface area contributed by atoms with E-state index in [1.165, 1.54) is 30.8 Å². The summed E-state index contributed by atoms with van der Waals surface area (Å²) in [5.41, 5.74) is 17.0. The Kier molecular flexibility index (Phi) is 20.7. The molecule has 2 unspecified atom stereocenters. The third-order valence-electron chi connectivity index (χ3n) is 6.15. The molecule has 2 aromatic carbocycles. The first kappa shape index (κ1) is 38.4. The van der Waals surface area contributed by atoms with Crippen molar-refractivity contribution in [2.24, 2.45) is 11.5 Å². The second-order valence-corrected chi connectivity index (χ2v) is 8.38. The van der Waals surface area contributed by atoms with E-state index < -0.39 is 5.82 Å². The van der Waals surface area contributed by atoms with Crippen molar-refractivity contribution in [3.63, 3.8) is 0 Å². The van der Waals surface area contributed by atoms with Crippen LogP contribution in [0.3, 0.4) is 0 Å². The third-order valence-corrected chi connectivity index (χ3v) is 6.55. The number of benzene rings is 2. The van der Waals surface area contributed by atoms with E-state index in [0.717, 1.165) is 40.1 Å². The Balaban J connectivity index is 0. The molecule has 0 radical (unpaired) electrons. The van der Waals surface area contributed by atoms with Gasteiger partial charge in [-0.15, -0.1) is 12.8 Å². The first-order valence-corrected chi connectivity index (χ1v) is 14.0. The van der Waals surface area contributed by atoms with Crippen LogP contribution in [0.5, 0.6) is 0 Å². The lowest BCUT2D eigenvalue weighted by Crippen LogP contribution is -2.17. The van der Waals surface area contributed by atoms with Crippen molar-refractivity contribution in [2.75, 3.05) is 13.6 Å². The van der Waals surface area contributed by atoms with Crippen molar-refractivity contribution >= 4 is 11.6 Å². The van der Waals surface area contributed by atoms with Crippen LogP contribution in [0.25, 0.3) is 11.3 Å². The lowest BCUT2D eigenvalue weighted by molar-refractivity contribution is 0.625. The first-order chi connectivity index (χ1) is 18.8. The maximum atomic E-state index is 14.1. The number of hydrogen-bond donors (Lipinski definition) is 2. The molecule has 1 heterocycles. The molecule has 0 bridgehead atoms. The second-order valence-electron chi connectivity index (χ2n) is 8.00. The fourth-order valence-corrected chi connectivity index (χ4v) is 4.40. The highest BCUT2D eigenvalue weighted by Crippen LogP contribution is 2.37. The van der Waals surface area contributed by atoms with Crippen LogP contribution in [-0.2, 0) is 6.42 Å². The summed E-state index contributed by atoms with van der Waals surface area (Å²) < 4.78 is 27.6.